The average molecular weight is 469 g/mol. The molecule has 1 N–H and O–H groups in total. The van der Waals surface area contributed by atoms with E-state index < -0.39 is 5.97 Å². The molecule has 0 aromatic heterocycles. The fourth-order valence-electron chi connectivity index (χ4n) is 5.70. The van der Waals surface area contributed by atoms with Crippen LogP contribution in [-0.4, -0.2) is 76.5 Å². The van der Waals surface area contributed by atoms with Crippen molar-refractivity contribution in [3.8, 4) is 0 Å². The molecule has 1 saturated carbocycles. The van der Waals surface area contributed by atoms with Crippen LogP contribution in [0.5, 0.6) is 0 Å². The van der Waals surface area contributed by atoms with Crippen molar-refractivity contribution < 1.29 is 38.3 Å². The predicted octanol–water partition coefficient (Wildman–Crippen LogP) is 2.82. The molecule has 8 nitrogen and oxygen atoms in total. The van der Waals surface area contributed by atoms with Crippen molar-refractivity contribution in [3.05, 3.63) is 11.6 Å². The molecule has 0 spiro atoms. The molecule has 2 aliphatic carbocycles. The second kappa shape index (κ2) is 12.6. The zero-order valence-electron chi connectivity index (χ0n) is 19.8. The van der Waals surface area contributed by atoms with Crippen molar-refractivity contribution in [1.82, 2.24) is 0 Å². The van der Waals surface area contributed by atoms with Crippen LogP contribution >= 0.6 is 0 Å². The topological polar surface area (TPSA) is 92.7 Å². The van der Waals surface area contributed by atoms with E-state index in [0.29, 0.717) is 25.0 Å². The minimum atomic E-state index is -0.406. The molecule has 188 valence electrons. The Balaban J connectivity index is 1.38. The largest absolute Gasteiger partial charge is 0.467 e. The van der Waals surface area contributed by atoms with Gasteiger partial charge in [-0.15, -0.1) is 0 Å². The third-order valence-electron chi connectivity index (χ3n) is 7.54. The van der Waals surface area contributed by atoms with Crippen molar-refractivity contribution in [2.45, 2.75) is 70.1 Å². The lowest BCUT2D eigenvalue weighted by atomic mass is 9.92. The van der Waals surface area contributed by atoms with E-state index in [1.165, 1.54) is 12.7 Å². The molecule has 2 saturated heterocycles. The zero-order chi connectivity index (χ0) is 23.0. The number of aliphatic hydroxyl groups excluding tert-OH is 1. The third kappa shape index (κ3) is 6.77. The average Bonchev–Trinajstić information content (AvgIpc) is 3.39. The van der Waals surface area contributed by atoms with Gasteiger partial charge < -0.3 is 33.5 Å². The van der Waals surface area contributed by atoms with Crippen LogP contribution in [0.25, 0.3) is 0 Å². The highest BCUT2D eigenvalue weighted by atomic mass is 16.7. The maximum absolute atomic E-state index is 11.3. The number of hydrogen-bond acceptors (Lipinski definition) is 8. The Kier molecular flexibility index (Phi) is 9.58. The lowest BCUT2D eigenvalue weighted by molar-refractivity contribution is -0.211. The van der Waals surface area contributed by atoms with Crippen LogP contribution in [0, 0.1) is 23.7 Å². The first-order valence-corrected chi connectivity index (χ1v) is 12.6. The summed E-state index contributed by atoms with van der Waals surface area (Å²) >= 11 is 0. The van der Waals surface area contributed by atoms with Crippen LogP contribution in [0.2, 0.25) is 0 Å². The highest BCUT2D eigenvalue weighted by molar-refractivity contribution is 5.70. The summed E-state index contributed by atoms with van der Waals surface area (Å²) in [4.78, 5) is 11.3. The number of hydrogen-bond donors (Lipinski definition) is 1. The third-order valence-corrected chi connectivity index (χ3v) is 7.54. The van der Waals surface area contributed by atoms with E-state index in [0.717, 1.165) is 64.6 Å². The van der Waals surface area contributed by atoms with E-state index in [9.17, 15) is 9.90 Å². The Morgan fingerprint density at radius 2 is 1.91 bits per heavy atom. The zero-order valence-corrected chi connectivity index (χ0v) is 19.8. The summed E-state index contributed by atoms with van der Waals surface area (Å²) in [5.41, 5.74) is 1.21. The molecular weight excluding hydrogens is 428 g/mol. The van der Waals surface area contributed by atoms with Gasteiger partial charge in [0.15, 0.2) is 12.6 Å². The fraction of sp³-hybridized carbons (Fsp3) is 0.880. The number of fused-ring (bicyclic) bond motifs is 1. The summed E-state index contributed by atoms with van der Waals surface area (Å²) in [6.07, 6.45) is 10.5. The molecule has 33 heavy (non-hydrogen) atoms. The van der Waals surface area contributed by atoms with Crippen LogP contribution in [0.1, 0.15) is 51.4 Å². The van der Waals surface area contributed by atoms with E-state index >= 15 is 0 Å². The Bertz CT molecular complexity index is 640. The molecule has 2 aliphatic heterocycles. The van der Waals surface area contributed by atoms with E-state index in [1.54, 1.807) is 0 Å². The Morgan fingerprint density at radius 3 is 2.58 bits per heavy atom. The summed E-state index contributed by atoms with van der Waals surface area (Å²) in [7, 11) is 1.34. The molecule has 5 unspecified atom stereocenters. The smallest absolute Gasteiger partial charge is 0.331 e. The molecular formula is C25H40O8. The number of ether oxygens (including phenoxy) is 6. The number of carbonyl (C=O) groups excluding carboxylic acids is 1. The molecule has 4 aliphatic rings. The summed E-state index contributed by atoms with van der Waals surface area (Å²) in [6, 6.07) is 0. The molecule has 4 rings (SSSR count). The highest BCUT2D eigenvalue weighted by Gasteiger charge is 2.47. The van der Waals surface area contributed by atoms with E-state index in [-0.39, 0.29) is 43.7 Å². The SMILES string of the molecule is COC(=O)COCC(CO)C1=CC2C(C1)C[C@@H](OC1CCCCO1)[C@@H]2COC1CCCCO1. The summed E-state index contributed by atoms with van der Waals surface area (Å²) < 4.78 is 34.5. The number of allylic oxidation sites excluding steroid dienone is 1. The van der Waals surface area contributed by atoms with Gasteiger partial charge >= 0.3 is 5.97 Å². The molecule has 0 aromatic rings. The van der Waals surface area contributed by atoms with Gasteiger partial charge in [0.1, 0.15) is 6.61 Å². The van der Waals surface area contributed by atoms with Gasteiger partial charge in [-0.2, -0.15) is 0 Å². The van der Waals surface area contributed by atoms with E-state index in [1.807, 2.05) is 0 Å². The summed E-state index contributed by atoms with van der Waals surface area (Å²) in [6.45, 7) is 2.36. The number of methoxy groups -OCH3 is 1. The standard InChI is InChI=1S/C25H40O8/c1-28-23(27)16-29-14-19(13-26)17-10-18-12-22(33-25-7-3-5-9-31-25)21(20(18)11-17)15-32-24-6-2-4-8-30-24/h11,18-22,24-26H,2-10,12-16H2,1H3/t18?,19?,20?,21-,22-,24?,25?/m1/s1. The van der Waals surface area contributed by atoms with Crippen molar-refractivity contribution in [3.63, 3.8) is 0 Å². The molecule has 2 heterocycles. The molecule has 3 fully saturated rings. The predicted molar refractivity (Wildman–Crippen MR) is 119 cm³/mol. The first-order chi connectivity index (χ1) is 16.2. The number of esters is 1. The first kappa shape index (κ1) is 25.1. The van der Waals surface area contributed by atoms with Gasteiger partial charge in [-0.1, -0.05) is 11.6 Å². The minimum absolute atomic E-state index is 0.000626. The van der Waals surface area contributed by atoms with Crippen LogP contribution in [0.15, 0.2) is 11.6 Å². The van der Waals surface area contributed by atoms with Gasteiger partial charge in [0.25, 0.3) is 0 Å². The highest BCUT2D eigenvalue weighted by Crippen LogP contribution is 2.50. The van der Waals surface area contributed by atoms with Gasteiger partial charge in [0, 0.05) is 25.0 Å². The quantitative estimate of drug-likeness (QED) is 0.366. The Morgan fingerprint density at radius 1 is 1.15 bits per heavy atom. The van der Waals surface area contributed by atoms with Crippen LogP contribution in [0.4, 0.5) is 0 Å². The fourth-order valence-corrected chi connectivity index (χ4v) is 5.70. The molecule has 0 aromatic carbocycles. The van der Waals surface area contributed by atoms with Gasteiger partial charge in [0.2, 0.25) is 0 Å². The number of aliphatic hydroxyl groups is 1. The van der Waals surface area contributed by atoms with Crippen molar-refractivity contribution >= 4 is 5.97 Å². The lowest BCUT2D eigenvalue weighted by Crippen LogP contribution is -2.35. The lowest BCUT2D eigenvalue weighted by Gasteiger charge is -2.31. The molecule has 0 radical (unpaired) electrons. The maximum atomic E-state index is 11.3. The maximum Gasteiger partial charge on any atom is 0.331 e. The molecule has 7 atom stereocenters. The van der Waals surface area contributed by atoms with E-state index in [2.05, 4.69) is 10.8 Å². The van der Waals surface area contributed by atoms with Gasteiger partial charge in [-0.3, -0.25) is 0 Å². The summed E-state index contributed by atoms with van der Waals surface area (Å²) in [5, 5.41) is 9.96. The molecule has 8 heteroatoms. The molecule has 0 amide bonds. The monoisotopic (exact) mass is 468 g/mol. The second-order valence-corrected chi connectivity index (χ2v) is 9.75. The number of carbonyl (C=O) groups is 1. The molecule has 0 bridgehead atoms. The van der Waals surface area contributed by atoms with Crippen LogP contribution in [-0.2, 0) is 33.2 Å². The van der Waals surface area contributed by atoms with Crippen molar-refractivity contribution in [2.75, 3.05) is 46.8 Å². The van der Waals surface area contributed by atoms with E-state index in [4.69, 9.17) is 23.7 Å². The van der Waals surface area contributed by atoms with Crippen molar-refractivity contribution in [1.29, 1.82) is 0 Å². The second-order valence-electron chi connectivity index (χ2n) is 9.75. The Hall–Kier alpha value is -1.03. The number of rotatable bonds is 11. The van der Waals surface area contributed by atoms with Gasteiger partial charge in [0.05, 0.1) is 33.0 Å². The van der Waals surface area contributed by atoms with Crippen LogP contribution in [0.3, 0.4) is 0 Å². The summed E-state index contributed by atoms with van der Waals surface area (Å²) in [5.74, 6) is 0.524. The Labute approximate surface area is 196 Å². The normalized spacial score (nSPS) is 35.2. The van der Waals surface area contributed by atoms with Gasteiger partial charge in [-0.05, 0) is 63.2 Å². The van der Waals surface area contributed by atoms with Crippen molar-refractivity contribution in [2.24, 2.45) is 23.7 Å². The first-order valence-electron chi connectivity index (χ1n) is 12.6. The van der Waals surface area contributed by atoms with Crippen LogP contribution < -0.4 is 0 Å². The van der Waals surface area contributed by atoms with Gasteiger partial charge in [-0.25, -0.2) is 4.79 Å². The minimum Gasteiger partial charge on any atom is -0.467 e.